The van der Waals surface area contributed by atoms with Gasteiger partial charge in [0.1, 0.15) is 0 Å². The van der Waals surface area contributed by atoms with Crippen LogP contribution >= 0.6 is 0 Å². The van der Waals surface area contributed by atoms with Gasteiger partial charge in [-0.05, 0) is 30.9 Å². The lowest BCUT2D eigenvalue weighted by molar-refractivity contribution is -0.133. The zero-order valence-corrected chi connectivity index (χ0v) is 14.1. The van der Waals surface area contributed by atoms with Crippen LogP contribution in [0.1, 0.15) is 25.3 Å². The average molecular weight is 317 g/mol. The van der Waals surface area contributed by atoms with Crippen molar-refractivity contribution in [2.24, 2.45) is 5.92 Å². The van der Waals surface area contributed by atoms with Gasteiger partial charge in [-0.25, -0.2) is 0 Å². The quantitative estimate of drug-likeness (QED) is 0.865. The maximum Gasteiger partial charge on any atom is 0.239 e. The molecular formula is C18H27N3O2. The van der Waals surface area contributed by atoms with E-state index >= 15 is 0 Å². The maximum atomic E-state index is 11.9. The first-order valence-corrected chi connectivity index (χ1v) is 8.29. The zero-order chi connectivity index (χ0) is 16.7. The molecule has 0 aromatic heterocycles. The molecule has 2 rings (SSSR count). The Labute approximate surface area is 138 Å². The summed E-state index contributed by atoms with van der Waals surface area (Å²) < 4.78 is 0. The Morgan fingerprint density at radius 3 is 2.74 bits per heavy atom. The number of piperidine rings is 1. The first-order chi connectivity index (χ1) is 11.0. The van der Waals surface area contributed by atoms with Crippen LogP contribution in [0.4, 0.5) is 0 Å². The Morgan fingerprint density at radius 2 is 2.04 bits per heavy atom. The third-order valence-electron chi connectivity index (χ3n) is 4.36. The highest BCUT2D eigenvalue weighted by Crippen LogP contribution is 2.18. The van der Waals surface area contributed by atoms with Crippen molar-refractivity contribution in [3.63, 3.8) is 0 Å². The Balaban J connectivity index is 1.73. The van der Waals surface area contributed by atoms with Crippen LogP contribution in [0.25, 0.3) is 0 Å². The van der Waals surface area contributed by atoms with Crippen LogP contribution in [0.15, 0.2) is 30.3 Å². The number of rotatable bonds is 6. The van der Waals surface area contributed by atoms with Crippen molar-refractivity contribution < 1.29 is 9.59 Å². The molecule has 5 nitrogen and oxygen atoms in total. The summed E-state index contributed by atoms with van der Waals surface area (Å²) in [7, 11) is 1.64. The van der Waals surface area contributed by atoms with Gasteiger partial charge in [-0.1, -0.05) is 30.3 Å². The Kier molecular flexibility index (Phi) is 6.59. The van der Waals surface area contributed by atoms with Gasteiger partial charge in [0.15, 0.2) is 0 Å². The molecule has 1 aliphatic rings. The highest BCUT2D eigenvalue weighted by Gasteiger charge is 2.20. The number of carbonyl (C=O) groups is 2. The minimum absolute atomic E-state index is 0.0807. The van der Waals surface area contributed by atoms with Gasteiger partial charge in [-0.3, -0.25) is 14.5 Å². The lowest BCUT2D eigenvalue weighted by atomic mass is 9.97. The summed E-state index contributed by atoms with van der Waals surface area (Å²) >= 11 is 0. The predicted molar refractivity (Wildman–Crippen MR) is 90.8 cm³/mol. The molecule has 1 aromatic rings. The molecule has 126 valence electrons. The molecular weight excluding hydrogens is 290 g/mol. The van der Waals surface area contributed by atoms with Crippen molar-refractivity contribution in [2.75, 3.05) is 33.2 Å². The van der Waals surface area contributed by atoms with Crippen LogP contribution in [-0.4, -0.2) is 54.8 Å². The second kappa shape index (κ2) is 8.67. The van der Waals surface area contributed by atoms with E-state index in [9.17, 15) is 9.59 Å². The Morgan fingerprint density at radius 1 is 1.30 bits per heavy atom. The molecule has 0 bridgehead atoms. The first kappa shape index (κ1) is 17.5. The largest absolute Gasteiger partial charge is 0.354 e. The summed E-state index contributed by atoms with van der Waals surface area (Å²) in [4.78, 5) is 26.9. The molecule has 1 saturated heterocycles. The van der Waals surface area contributed by atoms with Crippen LogP contribution in [0.3, 0.4) is 0 Å². The predicted octanol–water partition coefficient (Wildman–Crippen LogP) is 1.49. The van der Waals surface area contributed by atoms with Crippen LogP contribution in [0.5, 0.6) is 0 Å². The van der Waals surface area contributed by atoms with E-state index in [0.717, 1.165) is 26.1 Å². The normalized spacial score (nSPS) is 18.4. The standard InChI is InChI=1S/C18H27N3O2/c1-15(22)20(2)14-18(23)19-11-17-9-6-10-21(13-17)12-16-7-4-3-5-8-16/h3-5,7-8,17H,6,9-14H2,1-2H3,(H,19,23)/t17-/m1/s1. The number of nitrogens with one attached hydrogen (secondary N) is 1. The van der Waals surface area contributed by atoms with Crippen LogP contribution in [0.2, 0.25) is 0 Å². The monoisotopic (exact) mass is 317 g/mol. The molecule has 1 N–H and O–H groups in total. The molecule has 1 fully saturated rings. The number of benzene rings is 1. The average Bonchev–Trinajstić information content (AvgIpc) is 2.54. The molecule has 1 heterocycles. The van der Waals surface area contributed by atoms with Gasteiger partial charge in [-0.2, -0.15) is 0 Å². The summed E-state index contributed by atoms with van der Waals surface area (Å²) in [5.74, 6) is 0.314. The molecule has 1 aliphatic heterocycles. The number of nitrogens with zero attached hydrogens (tertiary/aromatic N) is 2. The zero-order valence-electron chi connectivity index (χ0n) is 14.1. The number of hydrogen-bond acceptors (Lipinski definition) is 3. The van der Waals surface area contributed by atoms with E-state index in [1.54, 1.807) is 7.05 Å². The van der Waals surface area contributed by atoms with Crippen molar-refractivity contribution in [1.29, 1.82) is 0 Å². The molecule has 1 atom stereocenters. The highest BCUT2D eigenvalue weighted by atomic mass is 16.2. The van der Waals surface area contributed by atoms with E-state index in [4.69, 9.17) is 0 Å². The van der Waals surface area contributed by atoms with Gasteiger partial charge >= 0.3 is 0 Å². The molecule has 23 heavy (non-hydrogen) atoms. The molecule has 0 radical (unpaired) electrons. The fourth-order valence-corrected chi connectivity index (χ4v) is 2.94. The Bertz CT molecular complexity index is 518. The molecule has 0 saturated carbocycles. The van der Waals surface area contributed by atoms with Crippen LogP contribution in [0, 0.1) is 5.92 Å². The molecule has 0 aliphatic carbocycles. The van der Waals surface area contributed by atoms with Gasteiger partial charge in [0.05, 0.1) is 6.54 Å². The molecule has 1 aromatic carbocycles. The molecule has 0 spiro atoms. The molecule has 5 heteroatoms. The van der Waals surface area contributed by atoms with Gasteiger partial charge in [-0.15, -0.1) is 0 Å². The van der Waals surface area contributed by atoms with Crippen molar-refractivity contribution in [3.05, 3.63) is 35.9 Å². The maximum absolute atomic E-state index is 11.9. The lowest BCUT2D eigenvalue weighted by Gasteiger charge is -2.33. The molecule has 0 unspecified atom stereocenters. The SMILES string of the molecule is CC(=O)N(C)CC(=O)NC[C@H]1CCCN(Cc2ccccc2)C1. The second-order valence-electron chi connectivity index (χ2n) is 6.41. The number of carbonyl (C=O) groups excluding carboxylic acids is 2. The van der Waals surface area contributed by atoms with E-state index < -0.39 is 0 Å². The summed E-state index contributed by atoms with van der Waals surface area (Å²) in [5, 5.41) is 2.96. The minimum atomic E-state index is -0.0909. The third kappa shape index (κ3) is 6.02. The minimum Gasteiger partial charge on any atom is -0.354 e. The highest BCUT2D eigenvalue weighted by molar-refractivity contribution is 5.83. The summed E-state index contributed by atoms with van der Waals surface area (Å²) in [6.45, 7) is 5.39. The van der Waals surface area contributed by atoms with Crippen molar-refractivity contribution in [2.45, 2.75) is 26.3 Å². The van der Waals surface area contributed by atoms with Gasteiger partial charge < -0.3 is 10.2 Å². The van der Waals surface area contributed by atoms with E-state index in [1.165, 1.54) is 23.8 Å². The summed E-state index contributed by atoms with van der Waals surface area (Å²) in [5.41, 5.74) is 1.33. The van der Waals surface area contributed by atoms with Crippen molar-refractivity contribution >= 4 is 11.8 Å². The van der Waals surface area contributed by atoms with E-state index in [-0.39, 0.29) is 18.4 Å². The van der Waals surface area contributed by atoms with Crippen molar-refractivity contribution in [3.8, 4) is 0 Å². The van der Waals surface area contributed by atoms with E-state index in [2.05, 4.69) is 34.5 Å². The molecule has 2 amide bonds. The third-order valence-corrected chi connectivity index (χ3v) is 4.36. The number of amides is 2. The smallest absolute Gasteiger partial charge is 0.239 e. The van der Waals surface area contributed by atoms with Gasteiger partial charge in [0, 0.05) is 33.6 Å². The number of likely N-dealkylation sites (tertiary alicyclic amines) is 1. The topological polar surface area (TPSA) is 52.7 Å². The van der Waals surface area contributed by atoms with Gasteiger partial charge in [0.25, 0.3) is 0 Å². The van der Waals surface area contributed by atoms with Crippen LogP contribution < -0.4 is 5.32 Å². The number of likely N-dealkylation sites (N-methyl/N-ethyl adjacent to an activating group) is 1. The van der Waals surface area contributed by atoms with E-state index in [0.29, 0.717) is 12.5 Å². The summed E-state index contributed by atoms with van der Waals surface area (Å²) in [6, 6.07) is 10.5. The fraction of sp³-hybridized carbons (Fsp3) is 0.556. The first-order valence-electron chi connectivity index (χ1n) is 8.29. The van der Waals surface area contributed by atoms with Crippen LogP contribution in [-0.2, 0) is 16.1 Å². The van der Waals surface area contributed by atoms with Crippen molar-refractivity contribution in [1.82, 2.24) is 15.1 Å². The fourth-order valence-electron chi connectivity index (χ4n) is 2.94. The number of hydrogen-bond donors (Lipinski definition) is 1. The summed E-state index contributed by atoms with van der Waals surface area (Å²) in [6.07, 6.45) is 2.31. The van der Waals surface area contributed by atoms with Gasteiger partial charge in [0.2, 0.25) is 11.8 Å². The lowest BCUT2D eigenvalue weighted by Crippen LogP contribution is -2.43. The van der Waals surface area contributed by atoms with E-state index in [1.807, 2.05) is 6.07 Å². The second-order valence-corrected chi connectivity index (χ2v) is 6.41. The Hall–Kier alpha value is -1.88.